The van der Waals surface area contributed by atoms with Gasteiger partial charge >= 0.3 is 0 Å². The number of anilines is 2. The van der Waals surface area contributed by atoms with E-state index >= 15 is 0 Å². The van der Waals surface area contributed by atoms with E-state index in [0.29, 0.717) is 0 Å². The molecule has 0 fully saturated rings. The minimum atomic E-state index is 0.762. The summed E-state index contributed by atoms with van der Waals surface area (Å²) in [5.74, 6) is 0. The Morgan fingerprint density at radius 2 is 1.11 bits per heavy atom. The monoisotopic (exact) mass is 404 g/mol. The summed E-state index contributed by atoms with van der Waals surface area (Å²) in [4.78, 5) is 2.07. The summed E-state index contributed by atoms with van der Waals surface area (Å²) in [6.07, 6.45) is 0. The molecular formula is C12H10Br2N2S2. The van der Waals surface area contributed by atoms with Crippen molar-refractivity contribution >= 4 is 64.8 Å². The van der Waals surface area contributed by atoms with E-state index in [4.69, 9.17) is 11.5 Å². The second kappa shape index (κ2) is 6.23. The maximum atomic E-state index is 5.94. The fourth-order valence-corrected chi connectivity index (χ4v) is 4.22. The molecule has 94 valence electrons. The van der Waals surface area contributed by atoms with E-state index < -0.39 is 0 Å². The lowest BCUT2D eigenvalue weighted by Crippen LogP contribution is -1.88. The zero-order chi connectivity index (χ0) is 13.1. The van der Waals surface area contributed by atoms with Gasteiger partial charge in [0.1, 0.15) is 0 Å². The molecule has 0 atom stereocenters. The van der Waals surface area contributed by atoms with Crippen LogP contribution < -0.4 is 11.5 Å². The SMILES string of the molecule is Nc1cc(Br)ccc1SSc1ccc(Br)cc1N. The number of nitrogen functional groups attached to an aromatic ring is 2. The van der Waals surface area contributed by atoms with Gasteiger partial charge in [0.15, 0.2) is 0 Å². The van der Waals surface area contributed by atoms with Crippen molar-refractivity contribution in [2.24, 2.45) is 0 Å². The molecule has 18 heavy (non-hydrogen) atoms. The molecule has 0 spiro atoms. The summed E-state index contributed by atoms with van der Waals surface area (Å²) >= 11 is 6.78. The first kappa shape index (κ1) is 14.1. The third-order valence-corrected chi connectivity index (χ3v) is 5.66. The molecule has 0 saturated heterocycles. The smallest absolute Gasteiger partial charge is 0.0472 e. The number of hydrogen-bond donors (Lipinski definition) is 2. The van der Waals surface area contributed by atoms with Crippen molar-refractivity contribution in [1.82, 2.24) is 0 Å². The minimum absolute atomic E-state index is 0.762. The lowest BCUT2D eigenvalue weighted by Gasteiger charge is -2.07. The van der Waals surface area contributed by atoms with Gasteiger partial charge in [-0.2, -0.15) is 0 Å². The van der Waals surface area contributed by atoms with Crippen LogP contribution in [0.15, 0.2) is 55.1 Å². The van der Waals surface area contributed by atoms with E-state index in [-0.39, 0.29) is 0 Å². The van der Waals surface area contributed by atoms with Gasteiger partial charge in [-0.3, -0.25) is 0 Å². The van der Waals surface area contributed by atoms with Crippen LogP contribution in [0.3, 0.4) is 0 Å². The fourth-order valence-electron chi connectivity index (χ4n) is 1.28. The van der Waals surface area contributed by atoms with Crippen LogP contribution in [0.25, 0.3) is 0 Å². The van der Waals surface area contributed by atoms with Gasteiger partial charge in [-0.15, -0.1) is 0 Å². The molecular weight excluding hydrogens is 396 g/mol. The summed E-state index contributed by atoms with van der Waals surface area (Å²) in [5.41, 5.74) is 13.4. The van der Waals surface area contributed by atoms with Crippen LogP contribution >= 0.6 is 53.4 Å². The highest BCUT2D eigenvalue weighted by Gasteiger charge is 2.05. The third-order valence-electron chi connectivity index (χ3n) is 2.16. The lowest BCUT2D eigenvalue weighted by atomic mass is 10.3. The molecule has 4 N–H and O–H groups in total. The second-order valence-electron chi connectivity index (χ2n) is 3.53. The molecule has 0 heterocycles. The zero-order valence-electron chi connectivity index (χ0n) is 9.19. The maximum absolute atomic E-state index is 5.94. The van der Waals surface area contributed by atoms with Crippen LogP contribution in [0.2, 0.25) is 0 Å². The van der Waals surface area contributed by atoms with Gasteiger partial charge in [0.25, 0.3) is 0 Å². The van der Waals surface area contributed by atoms with Crippen molar-refractivity contribution in [2.45, 2.75) is 9.79 Å². The predicted octanol–water partition coefficient (Wildman–Crippen LogP) is 5.18. The van der Waals surface area contributed by atoms with Crippen molar-refractivity contribution in [1.29, 1.82) is 0 Å². The Labute approximate surface area is 131 Å². The highest BCUT2D eigenvalue weighted by atomic mass is 79.9. The molecule has 0 unspecified atom stereocenters. The van der Waals surface area contributed by atoms with Gasteiger partial charge in [-0.25, -0.2) is 0 Å². The molecule has 0 bridgehead atoms. The summed E-state index contributed by atoms with van der Waals surface area (Å²) in [6.45, 7) is 0. The average Bonchev–Trinajstić information content (AvgIpc) is 2.30. The first-order valence-electron chi connectivity index (χ1n) is 5.01. The average molecular weight is 406 g/mol. The van der Waals surface area contributed by atoms with Crippen molar-refractivity contribution in [2.75, 3.05) is 11.5 Å². The molecule has 0 aliphatic heterocycles. The predicted molar refractivity (Wildman–Crippen MR) is 88.8 cm³/mol. The minimum Gasteiger partial charge on any atom is -0.398 e. The van der Waals surface area contributed by atoms with Gasteiger partial charge in [0.2, 0.25) is 0 Å². The molecule has 2 aromatic rings. The van der Waals surface area contributed by atoms with Gasteiger partial charge in [0, 0.05) is 30.1 Å². The fraction of sp³-hybridized carbons (Fsp3) is 0. The van der Waals surface area contributed by atoms with Gasteiger partial charge in [-0.1, -0.05) is 53.4 Å². The molecule has 2 nitrogen and oxygen atoms in total. The van der Waals surface area contributed by atoms with Crippen LogP contribution in [-0.2, 0) is 0 Å². The number of nitrogens with two attached hydrogens (primary N) is 2. The molecule has 2 aromatic carbocycles. The number of halogens is 2. The van der Waals surface area contributed by atoms with Crippen LogP contribution in [0.4, 0.5) is 11.4 Å². The van der Waals surface area contributed by atoms with Crippen LogP contribution in [0.5, 0.6) is 0 Å². The number of benzene rings is 2. The Morgan fingerprint density at radius 3 is 1.44 bits per heavy atom. The van der Waals surface area contributed by atoms with E-state index in [1.807, 2.05) is 36.4 Å². The van der Waals surface area contributed by atoms with Crippen molar-refractivity contribution in [3.8, 4) is 0 Å². The van der Waals surface area contributed by atoms with Crippen LogP contribution in [-0.4, -0.2) is 0 Å². The molecule has 0 saturated carbocycles. The Balaban J connectivity index is 2.11. The molecule has 2 rings (SSSR count). The van der Waals surface area contributed by atoms with Gasteiger partial charge in [-0.05, 0) is 36.4 Å². The molecule has 0 aromatic heterocycles. The molecule has 0 aliphatic rings. The van der Waals surface area contributed by atoms with E-state index in [0.717, 1.165) is 30.1 Å². The lowest BCUT2D eigenvalue weighted by molar-refractivity contribution is 1.44. The van der Waals surface area contributed by atoms with Gasteiger partial charge < -0.3 is 11.5 Å². The highest BCUT2D eigenvalue weighted by molar-refractivity contribution is 9.10. The highest BCUT2D eigenvalue weighted by Crippen LogP contribution is 2.43. The van der Waals surface area contributed by atoms with E-state index in [1.165, 1.54) is 0 Å². The van der Waals surface area contributed by atoms with Crippen molar-refractivity contribution < 1.29 is 0 Å². The second-order valence-corrected chi connectivity index (χ2v) is 7.58. The van der Waals surface area contributed by atoms with E-state index in [9.17, 15) is 0 Å². The third kappa shape index (κ3) is 3.60. The largest absolute Gasteiger partial charge is 0.398 e. The first-order valence-corrected chi connectivity index (χ1v) is 8.74. The van der Waals surface area contributed by atoms with Crippen molar-refractivity contribution in [3.05, 3.63) is 45.3 Å². The Hall–Kier alpha value is -0.300. The topological polar surface area (TPSA) is 52.0 Å². The molecule has 6 heteroatoms. The van der Waals surface area contributed by atoms with Crippen molar-refractivity contribution in [3.63, 3.8) is 0 Å². The Kier molecular flexibility index (Phi) is 4.89. The molecule has 0 amide bonds. The summed E-state index contributed by atoms with van der Waals surface area (Å²) < 4.78 is 1.97. The normalized spacial score (nSPS) is 10.6. The first-order chi connectivity index (χ1) is 8.56. The van der Waals surface area contributed by atoms with Crippen LogP contribution in [0.1, 0.15) is 0 Å². The van der Waals surface area contributed by atoms with Crippen LogP contribution in [0, 0.1) is 0 Å². The van der Waals surface area contributed by atoms with Gasteiger partial charge in [0.05, 0.1) is 0 Å². The molecule has 0 radical (unpaired) electrons. The number of hydrogen-bond acceptors (Lipinski definition) is 4. The summed E-state index contributed by atoms with van der Waals surface area (Å²) in [5, 5.41) is 0. The number of rotatable bonds is 3. The zero-order valence-corrected chi connectivity index (χ0v) is 14.0. The quantitative estimate of drug-likeness (QED) is 0.545. The Bertz CT molecular complexity index is 524. The summed E-state index contributed by atoms with van der Waals surface area (Å²) in [7, 11) is 3.21. The Morgan fingerprint density at radius 1 is 0.722 bits per heavy atom. The molecule has 0 aliphatic carbocycles. The maximum Gasteiger partial charge on any atom is 0.0472 e. The summed E-state index contributed by atoms with van der Waals surface area (Å²) in [6, 6.07) is 11.7. The standard InChI is InChI=1S/C12H10Br2N2S2/c13-7-1-3-11(9(15)5-7)17-18-12-4-2-8(14)6-10(12)16/h1-6H,15-16H2. The van der Waals surface area contributed by atoms with E-state index in [2.05, 4.69) is 31.9 Å². The van der Waals surface area contributed by atoms with E-state index in [1.54, 1.807) is 21.6 Å².